The molecule has 11 heteroatoms. The molecular formula is C36H51FN6O3S. The lowest BCUT2D eigenvalue weighted by molar-refractivity contribution is -0.137. The second-order valence-corrected chi connectivity index (χ2v) is 15.9. The number of thioether (sulfide) groups is 1. The van der Waals surface area contributed by atoms with Crippen LogP contribution in [-0.4, -0.2) is 108 Å². The number of piperidine rings is 1. The van der Waals surface area contributed by atoms with E-state index in [0.29, 0.717) is 44.7 Å². The zero-order valence-electron chi connectivity index (χ0n) is 28.2. The third-order valence-corrected chi connectivity index (χ3v) is 11.6. The van der Waals surface area contributed by atoms with E-state index in [0.717, 1.165) is 55.8 Å². The molecule has 2 aromatic carbocycles. The molecule has 2 aromatic rings. The molecule has 1 N–H and O–H groups in total. The number of anilines is 2. The maximum absolute atomic E-state index is 15.6. The summed E-state index contributed by atoms with van der Waals surface area (Å²) >= 11 is 1.49. The van der Waals surface area contributed by atoms with Gasteiger partial charge in [0.05, 0.1) is 10.9 Å². The minimum atomic E-state index is -0.524. The summed E-state index contributed by atoms with van der Waals surface area (Å²) < 4.78 is 15.6. The molecule has 6 rings (SSSR count). The van der Waals surface area contributed by atoms with E-state index in [2.05, 4.69) is 49.0 Å². The van der Waals surface area contributed by atoms with Gasteiger partial charge in [-0.1, -0.05) is 51.1 Å². The van der Waals surface area contributed by atoms with Crippen molar-refractivity contribution in [2.75, 3.05) is 69.6 Å². The van der Waals surface area contributed by atoms with Crippen LogP contribution in [0.2, 0.25) is 0 Å². The van der Waals surface area contributed by atoms with Crippen molar-refractivity contribution in [1.82, 2.24) is 19.6 Å². The van der Waals surface area contributed by atoms with E-state index in [1.165, 1.54) is 17.8 Å². The zero-order valence-corrected chi connectivity index (χ0v) is 29.0. The highest BCUT2D eigenvalue weighted by molar-refractivity contribution is 8.01. The highest BCUT2D eigenvalue weighted by Crippen LogP contribution is 2.48. The van der Waals surface area contributed by atoms with Crippen LogP contribution in [0.15, 0.2) is 42.5 Å². The number of amides is 4. The Morgan fingerprint density at radius 2 is 1.70 bits per heavy atom. The minimum absolute atomic E-state index is 0. The van der Waals surface area contributed by atoms with Crippen LogP contribution in [-0.2, 0) is 16.0 Å². The zero-order chi connectivity index (χ0) is 33.3. The van der Waals surface area contributed by atoms with E-state index in [-0.39, 0.29) is 48.3 Å². The van der Waals surface area contributed by atoms with Crippen molar-refractivity contribution in [2.45, 2.75) is 69.5 Å². The first-order valence-corrected chi connectivity index (χ1v) is 18.0. The molecule has 4 aliphatic heterocycles. The number of benzene rings is 2. The average Bonchev–Trinajstić information content (AvgIpc) is 3.24. The fourth-order valence-corrected chi connectivity index (χ4v) is 8.69. The SMILES string of the molecule is CN1CCN(c2c(F)cccc2C2SC(CC(=O)N3CCC(N4CCc5ccccc5NC4=O)CC3)C(=O)N2CCC(C)(C)C)CC1.[HH]. The Bertz CT molecular complexity index is 1470. The Labute approximate surface area is 284 Å². The highest BCUT2D eigenvalue weighted by Gasteiger charge is 2.44. The van der Waals surface area contributed by atoms with Gasteiger partial charge in [-0.2, -0.15) is 0 Å². The molecule has 9 nitrogen and oxygen atoms in total. The van der Waals surface area contributed by atoms with Gasteiger partial charge in [0, 0.05) is 77.5 Å². The number of hydrogen-bond donors (Lipinski definition) is 1. The molecule has 3 saturated heterocycles. The second kappa shape index (κ2) is 14.0. The van der Waals surface area contributed by atoms with Gasteiger partial charge in [0.25, 0.3) is 0 Å². The predicted molar refractivity (Wildman–Crippen MR) is 188 cm³/mol. The van der Waals surface area contributed by atoms with Crippen LogP contribution in [0.4, 0.5) is 20.6 Å². The van der Waals surface area contributed by atoms with Crippen LogP contribution >= 0.6 is 11.8 Å². The van der Waals surface area contributed by atoms with Crippen molar-refractivity contribution < 1.29 is 20.2 Å². The molecule has 3 fully saturated rings. The van der Waals surface area contributed by atoms with Gasteiger partial charge in [0.15, 0.2) is 0 Å². The topological polar surface area (TPSA) is 79.4 Å². The molecule has 47 heavy (non-hydrogen) atoms. The number of carbonyl (C=O) groups excluding carboxylic acids is 3. The normalized spacial score (nSPS) is 23.2. The van der Waals surface area contributed by atoms with E-state index < -0.39 is 5.25 Å². The van der Waals surface area contributed by atoms with E-state index in [9.17, 15) is 14.4 Å². The van der Waals surface area contributed by atoms with Crippen LogP contribution in [0.1, 0.15) is 64.4 Å². The van der Waals surface area contributed by atoms with Crippen LogP contribution in [0, 0.1) is 11.2 Å². The van der Waals surface area contributed by atoms with Crippen LogP contribution in [0.3, 0.4) is 0 Å². The van der Waals surface area contributed by atoms with E-state index in [4.69, 9.17) is 0 Å². The molecule has 0 aliphatic carbocycles. The number of likely N-dealkylation sites (N-methyl/N-ethyl adjacent to an activating group) is 1. The highest BCUT2D eigenvalue weighted by atomic mass is 32.2. The lowest BCUT2D eigenvalue weighted by Crippen LogP contribution is -2.50. The number of nitrogens with zero attached hydrogens (tertiary/aromatic N) is 5. The minimum Gasteiger partial charge on any atom is -0.366 e. The number of likely N-dealkylation sites (tertiary alicyclic amines) is 1. The van der Waals surface area contributed by atoms with Crippen molar-refractivity contribution in [3.63, 3.8) is 0 Å². The third kappa shape index (κ3) is 7.56. The van der Waals surface area contributed by atoms with Crippen molar-refractivity contribution in [3.05, 3.63) is 59.4 Å². The number of rotatable bonds is 7. The first-order valence-electron chi connectivity index (χ1n) is 17.1. The monoisotopic (exact) mass is 666 g/mol. The summed E-state index contributed by atoms with van der Waals surface area (Å²) in [7, 11) is 2.08. The second-order valence-electron chi connectivity index (χ2n) is 14.6. The fraction of sp³-hybridized carbons (Fsp3) is 0.583. The number of nitrogens with one attached hydrogen (secondary N) is 1. The molecule has 0 saturated carbocycles. The molecule has 4 amide bonds. The summed E-state index contributed by atoms with van der Waals surface area (Å²) in [6.07, 6.45) is 3.13. The quantitative estimate of drug-likeness (QED) is 0.410. The average molecular weight is 667 g/mol. The number of carbonyl (C=O) groups is 3. The Hall–Kier alpha value is -3.31. The molecular weight excluding hydrogens is 616 g/mol. The molecule has 0 radical (unpaired) electrons. The molecule has 4 aliphatic rings. The van der Waals surface area contributed by atoms with E-state index >= 15 is 4.39 Å². The van der Waals surface area contributed by atoms with Crippen molar-refractivity contribution in [1.29, 1.82) is 0 Å². The van der Waals surface area contributed by atoms with Crippen LogP contribution in [0.25, 0.3) is 0 Å². The summed E-state index contributed by atoms with van der Waals surface area (Å²) in [4.78, 5) is 50.8. The first kappa shape index (κ1) is 33.6. The van der Waals surface area contributed by atoms with Crippen molar-refractivity contribution >= 4 is 41.0 Å². The van der Waals surface area contributed by atoms with Gasteiger partial charge in [-0.3, -0.25) is 9.59 Å². The van der Waals surface area contributed by atoms with Gasteiger partial charge in [-0.15, -0.1) is 11.8 Å². The first-order chi connectivity index (χ1) is 22.5. The molecule has 2 unspecified atom stereocenters. The lowest BCUT2D eigenvalue weighted by atomic mass is 9.92. The number of piperazine rings is 1. The summed E-state index contributed by atoms with van der Waals surface area (Å²) in [6.45, 7) is 11.9. The molecule has 0 bridgehead atoms. The predicted octanol–water partition coefficient (Wildman–Crippen LogP) is 5.67. The lowest BCUT2D eigenvalue weighted by Gasteiger charge is -2.38. The number of fused-ring (bicyclic) bond motifs is 1. The van der Waals surface area contributed by atoms with Crippen molar-refractivity contribution in [2.24, 2.45) is 5.41 Å². The molecule has 4 heterocycles. The molecule has 2 atom stereocenters. The third-order valence-electron chi connectivity index (χ3n) is 10.1. The van der Waals surface area contributed by atoms with Gasteiger partial charge < -0.3 is 29.8 Å². The maximum atomic E-state index is 15.6. The number of halogens is 1. The summed E-state index contributed by atoms with van der Waals surface area (Å²) in [5.74, 6) is -0.334. The van der Waals surface area contributed by atoms with Gasteiger partial charge in [0.1, 0.15) is 11.2 Å². The van der Waals surface area contributed by atoms with Gasteiger partial charge in [0.2, 0.25) is 11.8 Å². The number of hydrogen-bond acceptors (Lipinski definition) is 6. The Balaban J connectivity index is 0.00000451. The number of para-hydroxylation sites is 2. The van der Waals surface area contributed by atoms with Gasteiger partial charge >= 0.3 is 6.03 Å². The fourth-order valence-electron chi connectivity index (χ4n) is 7.20. The van der Waals surface area contributed by atoms with E-state index in [1.807, 2.05) is 39.0 Å². The van der Waals surface area contributed by atoms with Crippen LogP contribution in [0.5, 0.6) is 0 Å². The standard InChI is InChI=1S/C36H49FN6O3S.H2/c1-36(2,3)15-19-43-33(45)30(47-34(43)27-9-7-10-28(37)32(27)41-22-20-39(4)21-23-41)24-31(44)40-16-13-26(14-17-40)42-18-12-25-8-5-6-11-29(25)38-35(42)46;/h5-11,26,30,34H,12-24H2,1-4H3,(H,38,46);1H. The Morgan fingerprint density at radius 1 is 0.979 bits per heavy atom. The molecule has 0 spiro atoms. The Morgan fingerprint density at radius 3 is 2.43 bits per heavy atom. The van der Waals surface area contributed by atoms with Crippen LogP contribution < -0.4 is 10.2 Å². The summed E-state index contributed by atoms with van der Waals surface area (Å²) in [5.41, 5.74) is 3.42. The summed E-state index contributed by atoms with van der Waals surface area (Å²) in [5, 5.41) is 2.18. The van der Waals surface area contributed by atoms with Gasteiger partial charge in [-0.25, -0.2) is 9.18 Å². The maximum Gasteiger partial charge on any atom is 0.322 e. The molecule has 0 aromatic heterocycles. The molecule has 256 valence electrons. The smallest absolute Gasteiger partial charge is 0.322 e. The van der Waals surface area contributed by atoms with Crippen molar-refractivity contribution in [3.8, 4) is 0 Å². The van der Waals surface area contributed by atoms with Gasteiger partial charge in [-0.05, 0) is 55.8 Å². The van der Waals surface area contributed by atoms with E-state index in [1.54, 1.807) is 6.07 Å². The largest absolute Gasteiger partial charge is 0.366 e. The number of urea groups is 1. The summed E-state index contributed by atoms with van der Waals surface area (Å²) in [6, 6.07) is 13.1. The Kier molecular flexibility index (Phi) is 10.0.